The van der Waals surface area contributed by atoms with Crippen LogP contribution < -0.4 is 5.32 Å². The summed E-state index contributed by atoms with van der Waals surface area (Å²) in [6, 6.07) is 3.80. The van der Waals surface area contributed by atoms with Gasteiger partial charge >= 0.3 is 0 Å². The molecule has 0 bridgehead atoms. The Morgan fingerprint density at radius 1 is 1.38 bits per heavy atom. The first-order chi connectivity index (χ1) is 11.7. The first kappa shape index (κ1) is 16.9. The Hall–Kier alpha value is -1.96. The van der Waals surface area contributed by atoms with E-state index in [1.807, 2.05) is 17.5 Å². The predicted octanol–water partition coefficient (Wildman–Crippen LogP) is 1.82. The molecule has 0 aromatic carbocycles. The minimum atomic E-state index is 0.0614. The lowest BCUT2D eigenvalue weighted by Crippen LogP contribution is -2.49. The molecule has 0 unspecified atom stereocenters. The number of hydrogen-bond acceptors (Lipinski definition) is 6. The summed E-state index contributed by atoms with van der Waals surface area (Å²) in [4.78, 5) is 20.9. The van der Waals surface area contributed by atoms with Crippen molar-refractivity contribution in [3.05, 3.63) is 41.4 Å². The number of piperazine rings is 1. The van der Waals surface area contributed by atoms with Crippen LogP contribution in [0.2, 0.25) is 0 Å². The average molecular weight is 346 g/mol. The second-order valence-corrected chi connectivity index (χ2v) is 6.69. The molecule has 6 nitrogen and oxygen atoms in total. The normalized spacial score (nSPS) is 16.2. The number of nitrogens with one attached hydrogen (secondary N) is 1. The minimum absolute atomic E-state index is 0.0614. The summed E-state index contributed by atoms with van der Waals surface area (Å²) < 4.78 is 5.38. The molecular weight excluding hydrogens is 324 g/mol. The standard InChI is InChI=1S/C17H22N4O2S/c1-2-5-18-16(22)11-20-6-8-21(9-7-20)12-17-19-14(13-24-17)15-4-3-10-23-15/h2-4,10,13H,1,5-9,11-12H2,(H,18,22). The zero-order valence-corrected chi connectivity index (χ0v) is 14.4. The monoisotopic (exact) mass is 346 g/mol. The smallest absolute Gasteiger partial charge is 0.234 e. The zero-order chi connectivity index (χ0) is 16.8. The van der Waals surface area contributed by atoms with Crippen LogP contribution in [0.25, 0.3) is 11.5 Å². The second kappa shape index (κ2) is 8.23. The van der Waals surface area contributed by atoms with Crippen molar-refractivity contribution in [3.63, 3.8) is 0 Å². The number of rotatable bonds is 7. The van der Waals surface area contributed by atoms with Gasteiger partial charge in [-0.3, -0.25) is 14.6 Å². The number of furan rings is 1. The molecule has 1 saturated heterocycles. The van der Waals surface area contributed by atoms with E-state index < -0.39 is 0 Å². The van der Waals surface area contributed by atoms with Gasteiger partial charge in [0.2, 0.25) is 5.91 Å². The van der Waals surface area contributed by atoms with E-state index >= 15 is 0 Å². The Kier molecular flexibility index (Phi) is 5.79. The lowest BCUT2D eigenvalue weighted by molar-refractivity contribution is -0.122. The fraction of sp³-hybridized carbons (Fsp3) is 0.412. The van der Waals surface area contributed by atoms with E-state index in [1.165, 1.54) is 0 Å². The van der Waals surface area contributed by atoms with Crippen molar-refractivity contribution in [1.29, 1.82) is 0 Å². The Morgan fingerprint density at radius 3 is 2.88 bits per heavy atom. The summed E-state index contributed by atoms with van der Waals surface area (Å²) in [5.74, 6) is 0.874. The summed E-state index contributed by atoms with van der Waals surface area (Å²) in [5, 5.41) is 5.95. The van der Waals surface area contributed by atoms with Crippen LogP contribution in [-0.2, 0) is 11.3 Å². The molecule has 3 heterocycles. The molecule has 24 heavy (non-hydrogen) atoms. The Bertz CT molecular complexity index is 660. The van der Waals surface area contributed by atoms with E-state index in [1.54, 1.807) is 23.7 Å². The van der Waals surface area contributed by atoms with Crippen molar-refractivity contribution in [2.24, 2.45) is 0 Å². The summed E-state index contributed by atoms with van der Waals surface area (Å²) >= 11 is 1.66. The lowest BCUT2D eigenvalue weighted by atomic mass is 10.3. The van der Waals surface area contributed by atoms with Crippen molar-refractivity contribution in [2.45, 2.75) is 6.54 Å². The van der Waals surface area contributed by atoms with Gasteiger partial charge in [-0.2, -0.15) is 0 Å². The van der Waals surface area contributed by atoms with Gasteiger partial charge in [0.15, 0.2) is 5.76 Å². The van der Waals surface area contributed by atoms with Crippen molar-refractivity contribution >= 4 is 17.2 Å². The fourth-order valence-electron chi connectivity index (χ4n) is 2.66. The fourth-order valence-corrected chi connectivity index (χ4v) is 3.49. The SMILES string of the molecule is C=CCNC(=O)CN1CCN(Cc2nc(-c3ccco3)cs2)CC1. The van der Waals surface area contributed by atoms with Crippen LogP contribution in [0.4, 0.5) is 0 Å². The van der Waals surface area contributed by atoms with Gasteiger partial charge in [-0.05, 0) is 12.1 Å². The van der Waals surface area contributed by atoms with E-state index in [0.29, 0.717) is 13.1 Å². The maximum Gasteiger partial charge on any atom is 0.234 e. The highest BCUT2D eigenvalue weighted by atomic mass is 32.1. The summed E-state index contributed by atoms with van der Waals surface area (Å²) in [7, 11) is 0. The molecule has 2 aromatic heterocycles. The van der Waals surface area contributed by atoms with Gasteiger partial charge in [0.25, 0.3) is 0 Å². The van der Waals surface area contributed by atoms with Crippen LogP contribution in [0.15, 0.2) is 40.8 Å². The van der Waals surface area contributed by atoms with Crippen LogP contribution >= 0.6 is 11.3 Å². The number of thiazole rings is 1. The molecule has 1 amide bonds. The maximum atomic E-state index is 11.7. The van der Waals surface area contributed by atoms with Crippen molar-refractivity contribution in [3.8, 4) is 11.5 Å². The quantitative estimate of drug-likeness (QED) is 0.775. The van der Waals surface area contributed by atoms with E-state index in [9.17, 15) is 4.79 Å². The summed E-state index contributed by atoms with van der Waals surface area (Å²) in [6.07, 6.45) is 3.36. The highest BCUT2D eigenvalue weighted by Crippen LogP contribution is 2.23. The van der Waals surface area contributed by atoms with Gasteiger partial charge in [-0.15, -0.1) is 17.9 Å². The van der Waals surface area contributed by atoms with Gasteiger partial charge in [0.1, 0.15) is 10.7 Å². The number of carbonyl (C=O) groups is 1. The minimum Gasteiger partial charge on any atom is -0.463 e. The Morgan fingerprint density at radius 2 is 2.17 bits per heavy atom. The van der Waals surface area contributed by atoms with E-state index in [4.69, 9.17) is 4.42 Å². The molecule has 0 radical (unpaired) electrons. The van der Waals surface area contributed by atoms with E-state index in [0.717, 1.165) is 49.2 Å². The molecule has 128 valence electrons. The average Bonchev–Trinajstić information content (AvgIpc) is 3.26. The molecule has 3 rings (SSSR count). The lowest BCUT2D eigenvalue weighted by Gasteiger charge is -2.33. The first-order valence-electron chi connectivity index (χ1n) is 8.05. The number of amides is 1. The molecule has 0 atom stereocenters. The van der Waals surface area contributed by atoms with Crippen molar-refractivity contribution < 1.29 is 9.21 Å². The van der Waals surface area contributed by atoms with Gasteiger partial charge in [0, 0.05) is 38.1 Å². The third-order valence-corrected chi connectivity index (χ3v) is 4.79. The third-order valence-electron chi connectivity index (χ3n) is 3.96. The largest absolute Gasteiger partial charge is 0.463 e. The van der Waals surface area contributed by atoms with Gasteiger partial charge in [-0.1, -0.05) is 6.08 Å². The zero-order valence-electron chi connectivity index (χ0n) is 13.6. The first-order valence-corrected chi connectivity index (χ1v) is 8.93. The van der Waals surface area contributed by atoms with Crippen LogP contribution in [0.5, 0.6) is 0 Å². The summed E-state index contributed by atoms with van der Waals surface area (Å²) in [6.45, 7) is 9.14. The van der Waals surface area contributed by atoms with Crippen molar-refractivity contribution in [1.82, 2.24) is 20.1 Å². The van der Waals surface area contributed by atoms with Crippen LogP contribution in [-0.4, -0.2) is 60.0 Å². The van der Waals surface area contributed by atoms with Crippen molar-refractivity contribution in [2.75, 3.05) is 39.3 Å². The van der Waals surface area contributed by atoms with Gasteiger partial charge in [-0.25, -0.2) is 4.98 Å². The van der Waals surface area contributed by atoms with Crippen LogP contribution in [0.1, 0.15) is 5.01 Å². The molecule has 2 aromatic rings. The molecule has 1 aliphatic heterocycles. The predicted molar refractivity (Wildman–Crippen MR) is 94.7 cm³/mol. The third kappa shape index (κ3) is 4.53. The van der Waals surface area contributed by atoms with E-state index in [2.05, 4.69) is 26.7 Å². The molecule has 1 aliphatic rings. The highest BCUT2D eigenvalue weighted by Gasteiger charge is 2.20. The van der Waals surface area contributed by atoms with Gasteiger partial charge in [0.05, 0.1) is 19.4 Å². The molecule has 0 spiro atoms. The Labute approximate surface area is 145 Å². The summed E-state index contributed by atoms with van der Waals surface area (Å²) in [5.41, 5.74) is 0.900. The number of carbonyl (C=O) groups excluding carboxylic acids is 1. The maximum absolute atomic E-state index is 11.7. The Balaban J connectivity index is 1.44. The number of hydrogen-bond donors (Lipinski definition) is 1. The second-order valence-electron chi connectivity index (χ2n) is 5.75. The molecular formula is C17H22N4O2S. The highest BCUT2D eigenvalue weighted by molar-refractivity contribution is 7.09. The van der Waals surface area contributed by atoms with E-state index in [-0.39, 0.29) is 5.91 Å². The molecule has 1 N–H and O–H groups in total. The topological polar surface area (TPSA) is 61.6 Å². The number of nitrogens with zero attached hydrogens (tertiary/aromatic N) is 3. The molecule has 0 saturated carbocycles. The van der Waals surface area contributed by atoms with Gasteiger partial charge < -0.3 is 9.73 Å². The molecule has 0 aliphatic carbocycles. The number of aromatic nitrogens is 1. The van der Waals surface area contributed by atoms with Crippen LogP contribution in [0, 0.1) is 0 Å². The molecule has 7 heteroatoms. The van der Waals surface area contributed by atoms with Crippen LogP contribution in [0.3, 0.4) is 0 Å². The molecule has 1 fully saturated rings.